The first-order valence-corrected chi connectivity index (χ1v) is 5.46. The Morgan fingerprint density at radius 1 is 1.27 bits per heavy atom. The first-order valence-electron chi connectivity index (χ1n) is 5.46. The first-order chi connectivity index (χ1) is 6.57. The lowest BCUT2D eigenvalue weighted by Crippen LogP contribution is -2.46. The Morgan fingerprint density at radius 2 is 1.80 bits per heavy atom. The molecule has 1 aliphatic rings. The molecule has 90 valence electrons. The van der Waals surface area contributed by atoms with Crippen molar-refractivity contribution in [1.29, 1.82) is 0 Å². The Morgan fingerprint density at radius 3 is 2.20 bits per heavy atom. The van der Waals surface area contributed by atoms with Gasteiger partial charge in [-0.1, -0.05) is 19.3 Å². The summed E-state index contributed by atoms with van der Waals surface area (Å²) in [6, 6.07) is 0. The molecule has 1 saturated carbocycles. The largest absolute Gasteiger partial charge is 0.481 e. The van der Waals surface area contributed by atoms with E-state index in [0.717, 1.165) is 19.3 Å². The highest BCUT2D eigenvalue weighted by Gasteiger charge is 2.34. The van der Waals surface area contributed by atoms with E-state index >= 15 is 0 Å². The summed E-state index contributed by atoms with van der Waals surface area (Å²) in [5.74, 6) is -0.670. The van der Waals surface area contributed by atoms with Crippen LogP contribution in [0.3, 0.4) is 0 Å². The summed E-state index contributed by atoms with van der Waals surface area (Å²) in [6.07, 6.45) is 7.23. The van der Waals surface area contributed by atoms with Gasteiger partial charge in [-0.25, -0.2) is 0 Å². The van der Waals surface area contributed by atoms with Crippen LogP contribution < -0.4 is 0 Å². The van der Waals surface area contributed by atoms with Crippen LogP contribution >= 0.6 is 12.4 Å². The molecule has 3 nitrogen and oxygen atoms in total. The lowest BCUT2D eigenvalue weighted by molar-refractivity contribution is -0.138. The number of aliphatic carboxylic acids is 1. The Bertz CT molecular complexity index is 201. The lowest BCUT2D eigenvalue weighted by atomic mass is 9.77. The maximum Gasteiger partial charge on any atom is 0.303 e. The molecule has 0 heterocycles. The van der Waals surface area contributed by atoms with E-state index in [4.69, 9.17) is 5.11 Å². The molecule has 0 unspecified atom stereocenters. The highest BCUT2D eigenvalue weighted by molar-refractivity contribution is 5.85. The fourth-order valence-corrected chi connectivity index (χ4v) is 2.47. The average molecular weight is 236 g/mol. The van der Waals surface area contributed by atoms with Gasteiger partial charge in [0.25, 0.3) is 0 Å². The summed E-state index contributed by atoms with van der Waals surface area (Å²) in [4.78, 5) is 12.8. The molecule has 0 aromatic heterocycles. The number of hydrogen-bond acceptors (Lipinski definition) is 2. The minimum atomic E-state index is -0.670. The van der Waals surface area contributed by atoms with Crippen LogP contribution in [0.15, 0.2) is 0 Å². The molecule has 15 heavy (non-hydrogen) atoms. The van der Waals surface area contributed by atoms with Crippen molar-refractivity contribution in [2.24, 2.45) is 0 Å². The van der Waals surface area contributed by atoms with Gasteiger partial charge in [0.05, 0.1) is 0 Å². The van der Waals surface area contributed by atoms with Crippen molar-refractivity contribution in [3.8, 4) is 0 Å². The minimum absolute atomic E-state index is 0. The molecule has 0 aliphatic heterocycles. The molecular weight excluding hydrogens is 214 g/mol. The molecule has 1 fully saturated rings. The number of carboxylic acids is 1. The topological polar surface area (TPSA) is 40.5 Å². The zero-order chi connectivity index (χ0) is 10.6. The molecule has 0 atom stereocenters. The standard InChI is InChI=1S/C11H21NO2.ClH/c1-12(2)11(9-6-10(13)14)7-4-3-5-8-11;/h3-9H2,1-2H3,(H,13,14);1H. The smallest absolute Gasteiger partial charge is 0.303 e. The number of hydrogen-bond donors (Lipinski definition) is 1. The Kier molecular flexibility index (Phi) is 6.22. The van der Waals surface area contributed by atoms with Crippen LogP contribution in [-0.2, 0) is 4.79 Å². The van der Waals surface area contributed by atoms with E-state index in [0.29, 0.717) is 6.42 Å². The van der Waals surface area contributed by atoms with E-state index < -0.39 is 5.97 Å². The second-order valence-electron chi connectivity index (χ2n) is 4.57. The Labute approximate surface area is 98.3 Å². The van der Waals surface area contributed by atoms with Gasteiger partial charge in [0.2, 0.25) is 0 Å². The minimum Gasteiger partial charge on any atom is -0.481 e. The van der Waals surface area contributed by atoms with Gasteiger partial charge in [-0.05, 0) is 33.4 Å². The summed E-state index contributed by atoms with van der Waals surface area (Å²) in [7, 11) is 4.15. The van der Waals surface area contributed by atoms with Gasteiger partial charge in [0.1, 0.15) is 0 Å². The summed E-state index contributed by atoms with van der Waals surface area (Å²) >= 11 is 0. The molecule has 0 saturated heterocycles. The molecular formula is C11H22ClNO2. The van der Waals surface area contributed by atoms with Crippen LogP contribution in [0.2, 0.25) is 0 Å². The molecule has 0 aromatic carbocycles. The predicted molar refractivity (Wildman–Crippen MR) is 63.6 cm³/mol. The molecule has 0 amide bonds. The second-order valence-corrected chi connectivity index (χ2v) is 4.57. The maximum absolute atomic E-state index is 10.6. The number of carbonyl (C=O) groups is 1. The summed E-state index contributed by atoms with van der Waals surface area (Å²) in [5.41, 5.74) is 0.163. The molecule has 0 aromatic rings. The van der Waals surface area contributed by atoms with Crippen molar-refractivity contribution in [2.75, 3.05) is 14.1 Å². The zero-order valence-electron chi connectivity index (χ0n) is 9.66. The van der Waals surface area contributed by atoms with Gasteiger partial charge in [0, 0.05) is 12.0 Å². The van der Waals surface area contributed by atoms with E-state index in [1.165, 1.54) is 19.3 Å². The van der Waals surface area contributed by atoms with Crippen LogP contribution in [0.25, 0.3) is 0 Å². The molecule has 1 N–H and O–H groups in total. The number of halogens is 1. The van der Waals surface area contributed by atoms with Crippen molar-refractivity contribution in [3.05, 3.63) is 0 Å². The Hall–Kier alpha value is -0.280. The normalized spacial score (nSPS) is 19.7. The first kappa shape index (κ1) is 14.7. The second kappa shape index (κ2) is 6.33. The third-order valence-corrected chi connectivity index (χ3v) is 3.54. The van der Waals surface area contributed by atoms with Gasteiger partial charge in [0.15, 0.2) is 0 Å². The van der Waals surface area contributed by atoms with E-state index in [-0.39, 0.29) is 17.9 Å². The third-order valence-electron chi connectivity index (χ3n) is 3.54. The molecule has 1 aliphatic carbocycles. The zero-order valence-corrected chi connectivity index (χ0v) is 10.5. The Balaban J connectivity index is 0.00000196. The summed E-state index contributed by atoms with van der Waals surface area (Å²) < 4.78 is 0. The molecule has 4 heteroatoms. The van der Waals surface area contributed by atoms with Gasteiger partial charge in [-0.3, -0.25) is 4.79 Å². The highest BCUT2D eigenvalue weighted by Crippen LogP contribution is 2.35. The van der Waals surface area contributed by atoms with Crippen molar-refractivity contribution < 1.29 is 9.90 Å². The van der Waals surface area contributed by atoms with Crippen LogP contribution in [0.5, 0.6) is 0 Å². The maximum atomic E-state index is 10.6. The fraction of sp³-hybridized carbons (Fsp3) is 0.909. The third kappa shape index (κ3) is 3.99. The van der Waals surface area contributed by atoms with E-state index in [1.807, 2.05) is 0 Å². The lowest BCUT2D eigenvalue weighted by Gasteiger charge is -2.43. The van der Waals surface area contributed by atoms with Crippen LogP contribution in [0, 0.1) is 0 Å². The van der Waals surface area contributed by atoms with Crippen LogP contribution in [-0.4, -0.2) is 35.6 Å². The average Bonchev–Trinajstić information content (AvgIpc) is 2.16. The van der Waals surface area contributed by atoms with Gasteiger partial charge >= 0.3 is 5.97 Å². The van der Waals surface area contributed by atoms with Crippen molar-refractivity contribution >= 4 is 18.4 Å². The molecule has 0 radical (unpaired) electrons. The fourth-order valence-electron chi connectivity index (χ4n) is 2.47. The van der Waals surface area contributed by atoms with Gasteiger partial charge in [-0.15, -0.1) is 12.4 Å². The SMILES string of the molecule is CN(C)C1(CCC(=O)O)CCCCC1.Cl. The molecule has 0 bridgehead atoms. The highest BCUT2D eigenvalue weighted by atomic mass is 35.5. The predicted octanol–water partition coefficient (Wildman–Crippen LogP) is 2.54. The van der Waals surface area contributed by atoms with E-state index in [2.05, 4.69) is 19.0 Å². The van der Waals surface area contributed by atoms with Crippen LogP contribution in [0.1, 0.15) is 44.9 Å². The summed E-state index contributed by atoms with van der Waals surface area (Å²) in [6.45, 7) is 0. The quantitative estimate of drug-likeness (QED) is 0.814. The van der Waals surface area contributed by atoms with E-state index in [1.54, 1.807) is 0 Å². The number of carboxylic acid groups (broad SMARTS) is 1. The van der Waals surface area contributed by atoms with Crippen molar-refractivity contribution in [2.45, 2.75) is 50.5 Å². The van der Waals surface area contributed by atoms with Crippen molar-refractivity contribution in [3.63, 3.8) is 0 Å². The summed E-state index contributed by atoms with van der Waals surface area (Å²) in [5, 5.41) is 8.72. The van der Waals surface area contributed by atoms with Crippen LogP contribution in [0.4, 0.5) is 0 Å². The number of rotatable bonds is 4. The van der Waals surface area contributed by atoms with Crippen molar-refractivity contribution in [1.82, 2.24) is 4.90 Å². The molecule has 1 rings (SSSR count). The van der Waals surface area contributed by atoms with Gasteiger partial charge < -0.3 is 10.0 Å². The molecule has 0 spiro atoms. The monoisotopic (exact) mass is 235 g/mol. The number of nitrogens with zero attached hydrogens (tertiary/aromatic N) is 1. The van der Waals surface area contributed by atoms with E-state index in [9.17, 15) is 4.79 Å². The van der Waals surface area contributed by atoms with Gasteiger partial charge in [-0.2, -0.15) is 0 Å².